The van der Waals surface area contributed by atoms with E-state index in [0.717, 1.165) is 42.5 Å². The number of rotatable bonds is 5. The highest BCUT2D eigenvalue weighted by atomic mass is 19.1. The summed E-state index contributed by atoms with van der Waals surface area (Å²) < 4.78 is 28.4. The number of halogens is 2. The zero-order valence-electron chi connectivity index (χ0n) is 17.2. The van der Waals surface area contributed by atoms with Crippen molar-refractivity contribution >= 4 is 11.6 Å². The van der Waals surface area contributed by atoms with Crippen molar-refractivity contribution in [2.24, 2.45) is 0 Å². The molecule has 1 aromatic heterocycles. The molecule has 0 fully saturated rings. The first-order valence-corrected chi connectivity index (χ1v) is 10.5. The van der Waals surface area contributed by atoms with Gasteiger partial charge in [0.05, 0.1) is 11.4 Å². The van der Waals surface area contributed by atoms with Crippen LogP contribution in [0.1, 0.15) is 43.4 Å². The van der Waals surface area contributed by atoms with Crippen molar-refractivity contribution < 1.29 is 13.6 Å². The number of anilines is 1. The number of hydrogen-bond acceptors (Lipinski definition) is 3. The number of nitrogens with zero attached hydrogens (tertiary/aromatic N) is 2. The van der Waals surface area contributed by atoms with Crippen molar-refractivity contribution in [3.63, 3.8) is 0 Å². The zero-order chi connectivity index (χ0) is 22.0. The lowest BCUT2D eigenvalue weighted by Crippen LogP contribution is -2.38. The molecule has 0 saturated heterocycles. The predicted octanol–water partition coefficient (Wildman–Crippen LogP) is 4.66. The summed E-state index contributed by atoms with van der Waals surface area (Å²) in [4.78, 5) is 26.2. The maximum absolute atomic E-state index is 14.0. The van der Waals surface area contributed by atoms with Gasteiger partial charge >= 0.3 is 0 Å². The monoisotopic (exact) mass is 423 g/mol. The summed E-state index contributed by atoms with van der Waals surface area (Å²) >= 11 is 0. The molecule has 0 bridgehead atoms. The summed E-state index contributed by atoms with van der Waals surface area (Å²) in [6, 6.07) is 11.6. The number of carbonyl (C=O) groups excluding carboxylic acids is 1. The zero-order valence-corrected chi connectivity index (χ0v) is 17.2. The molecular weight excluding hydrogens is 400 g/mol. The third-order valence-corrected chi connectivity index (χ3v) is 5.65. The van der Waals surface area contributed by atoms with Crippen LogP contribution in [0.5, 0.6) is 0 Å². The van der Waals surface area contributed by atoms with Crippen molar-refractivity contribution in [3.05, 3.63) is 81.6 Å². The van der Waals surface area contributed by atoms with Gasteiger partial charge in [-0.05, 0) is 49.8 Å². The number of benzene rings is 2. The van der Waals surface area contributed by atoms with Crippen molar-refractivity contribution in [2.45, 2.75) is 45.1 Å². The van der Waals surface area contributed by atoms with Crippen LogP contribution in [0.2, 0.25) is 0 Å². The van der Waals surface area contributed by atoms with E-state index >= 15 is 0 Å². The van der Waals surface area contributed by atoms with Gasteiger partial charge in [0.25, 0.3) is 5.56 Å². The summed E-state index contributed by atoms with van der Waals surface area (Å²) in [6.07, 6.45) is 3.59. The molecule has 2 aromatic carbocycles. The molecule has 1 heterocycles. The molecule has 5 nitrogen and oxygen atoms in total. The third kappa shape index (κ3) is 4.13. The van der Waals surface area contributed by atoms with Crippen molar-refractivity contribution in [1.82, 2.24) is 9.78 Å². The fourth-order valence-electron chi connectivity index (χ4n) is 4.07. The number of hydrogen-bond donors (Lipinski definition) is 1. The van der Waals surface area contributed by atoms with E-state index < -0.39 is 23.6 Å². The van der Waals surface area contributed by atoms with E-state index in [-0.39, 0.29) is 17.7 Å². The maximum Gasteiger partial charge on any atom is 0.271 e. The first-order valence-electron chi connectivity index (χ1n) is 10.5. The summed E-state index contributed by atoms with van der Waals surface area (Å²) in [7, 11) is 0. The number of amides is 1. The number of carbonyl (C=O) groups is 1. The number of aromatic nitrogens is 2. The average molecular weight is 423 g/mol. The van der Waals surface area contributed by atoms with Crippen LogP contribution in [-0.2, 0) is 17.6 Å². The van der Waals surface area contributed by atoms with E-state index in [1.807, 2.05) is 30.3 Å². The molecule has 1 aliphatic rings. The second kappa shape index (κ2) is 8.79. The quantitative estimate of drug-likeness (QED) is 0.649. The van der Waals surface area contributed by atoms with Gasteiger partial charge < -0.3 is 5.32 Å². The fraction of sp³-hybridized carbons (Fsp3) is 0.292. The van der Waals surface area contributed by atoms with Crippen LogP contribution < -0.4 is 10.9 Å². The largest absolute Gasteiger partial charge is 0.322 e. The molecule has 1 amide bonds. The second-order valence-corrected chi connectivity index (χ2v) is 7.67. The van der Waals surface area contributed by atoms with Crippen molar-refractivity contribution in [2.75, 3.05) is 5.32 Å². The Bertz CT molecular complexity index is 1180. The number of nitrogens with one attached hydrogen (secondary N) is 1. The lowest BCUT2D eigenvalue weighted by molar-refractivity contribution is -0.119. The average Bonchev–Trinajstić information content (AvgIpc) is 2.78. The van der Waals surface area contributed by atoms with Crippen LogP contribution >= 0.6 is 0 Å². The Balaban J connectivity index is 1.78. The first-order chi connectivity index (χ1) is 15.0. The van der Waals surface area contributed by atoms with Gasteiger partial charge in [-0.2, -0.15) is 5.10 Å². The Kier molecular flexibility index (Phi) is 5.93. The van der Waals surface area contributed by atoms with Gasteiger partial charge in [-0.3, -0.25) is 9.59 Å². The molecule has 31 heavy (non-hydrogen) atoms. The normalized spacial score (nSPS) is 14.0. The standard InChI is InChI=1S/C24H23F2N3O2/c1-2-21(23(30)27-20-13-12-16(25)14-19(20)26)29-24(31)18-11-7-6-10-17(18)22(28-29)15-8-4-3-5-9-15/h3-5,8-9,12-14,21H,2,6-7,10-11H2,1H3,(H,27,30)/t21-/m0/s1. The van der Waals surface area contributed by atoms with Gasteiger partial charge in [0.1, 0.15) is 17.7 Å². The molecule has 160 valence electrons. The molecule has 1 aliphatic carbocycles. The molecule has 1 atom stereocenters. The minimum absolute atomic E-state index is 0.140. The Morgan fingerprint density at radius 2 is 1.81 bits per heavy atom. The van der Waals surface area contributed by atoms with Gasteiger partial charge in [-0.1, -0.05) is 37.3 Å². The third-order valence-electron chi connectivity index (χ3n) is 5.65. The summed E-state index contributed by atoms with van der Waals surface area (Å²) in [5.41, 5.74) is 2.80. The molecule has 0 aliphatic heterocycles. The minimum atomic E-state index is -0.924. The topological polar surface area (TPSA) is 64.0 Å². The van der Waals surface area contributed by atoms with Gasteiger partial charge in [0, 0.05) is 17.2 Å². The van der Waals surface area contributed by atoms with E-state index in [1.165, 1.54) is 4.68 Å². The van der Waals surface area contributed by atoms with Crippen LogP contribution in [0.15, 0.2) is 53.3 Å². The van der Waals surface area contributed by atoms with Gasteiger partial charge in [0.15, 0.2) is 0 Å². The first kappa shape index (κ1) is 20.9. The molecule has 0 spiro atoms. The van der Waals surface area contributed by atoms with Crippen LogP contribution in [0.3, 0.4) is 0 Å². The van der Waals surface area contributed by atoms with Crippen LogP contribution in [-0.4, -0.2) is 15.7 Å². The molecule has 1 N–H and O–H groups in total. The second-order valence-electron chi connectivity index (χ2n) is 7.67. The minimum Gasteiger partial charge on any atom is -0.322 e. The van der Waals surface area contributed by atoms with Crippen LogP contribution in [0.25, 0.3) is 11.3 Å². The lowest BCUT2D eigenvalue weighted by atomic mass is 9.89. The summed E-state index contributed by atoms with van der Waals surface area (Å²) in [5.74, 6) is -2.18. The Morgan fingerprint density at radius 1 is 1.10 bits per heavy atom. The van der Waals surface area contributed by atoms with E-state index in [2.05, 4.69) is 10.4 Å². The van der Waals surface area contributed by atoms with E-state index in [0.29, 0.717) is 23.7 Å². The highest BCUT2D eigenvalue weighted by Gasteiger charge is 2.27. The Morgan fingerprint density at radius 3 is 2.48 bits per heavy atom. The highest BCUT2D eigenvalue weighted by molar-refractivity contribution is 5.93. The summed E-state index contributed by atoms with van der Waals surface area (Å²) in [6.45, 7) is 1.76. The van der Waals surface area contributed by atoms with Gasteiger partial charge in [-0.25, -0.2) is 13.5 Å². The number of fused-ring (bicyclic) bond motifs is 1. The predicted molar refractivity (Wildman–Crippen MR) is 115 cm³/mol. The molecule has 7 heteroatoms. The SMILES string of the molecule is CC[C@@H](C(=O)Nc1ccc(F)cc1F)n1nc(-c2ccccc2)c2c(c1=O)CCCC2. The molecular formula is C24H23F2N3O2. The van der Waals surface area contributed by atoms with Crippen molar-refractivity contribution in [3.8, 4) is 11.3 Å². The molecule has 0 saturated carbocycles. The van der Waals surface area contributed by atoms with E-state index in [1.54, 1.807) is 6.92 Å². The van der Waals surface area contributed by atoms with Crippen LogP contribution in [0.4, 0.5) is 14.5 Å². The lowest BCUT2D eigenvalue weighted by Gasteiger charge is -2.23. The van der Waals surface area contributed by atoms with Gasteiger partial charge in [0.2, 0.25) is 5.91 Å². The summed E-state index contributed by atoms with van der Waals surface area (Å²) in [5, 5.41) is 7.09. The smallest absolute Gasteiger partial charge is 0.271 e. The molecule has 0 radical (unpaired) electrons. The highest BCUT2D eigenvalue weighted by Crippen LogP contribution is 2.29. The fourth-order valence-corrected chi connectivity index (χ4v) is 4.07. The van der Waals surface area contributed by atoms with E-state index in [4.69, 9.17) is 0 Å². The van der Waals surface area contributed by atoms with Gasteiger partial charge in [-0.15, -0.1) is 0 Å². The molecule has 0 unspecified atom stereocenters. The molecule has 4 rings (SSSR count). The Hall–Kier alpha value is -3.35. The van der Waals surface area contributed by atoms with E-state index in [9.17, 15) is 18.4 Å². The molecule has 3 aromatic rings. The maximum atomic E-state index is 14.0. The Labute approximate surface area is 178 Å². The van der Waals surface area contributed by atoms with Crippen molar-refractivity contribution in [1.29, 1.82) is 0 Å². The van der Waals surface area contributed by atoms with Crippen LogP contribution in [0, 0.1) is 11.6 Å².